The summed E-state index contributed by atoms with van der Waals surface area (Å²) in [6.45, 7) is 10.9. The van der Waals surface area contributed by atoms with Gasteiger partial charge in [0.25, 0.3) is 0 Å². The minimum absolute atomic E-state index is 0.0672. The van der Waals surface area contributed by atoms with Crippen LogP contribution >= 0.6 is 0 Å². The van der Waals surface area contributed by atoms with Gasteiger partial charge in [-0.1, -0.05) is 104 Å². The van der Waals surface area contributed by atoms with Gasteiger partial charge in [-0.3, -0.25) is 0 Å². The second kappa shape index (κ2) is 18.7. The normalized spacial score (nSPS) is 28.4. The molecule has 6 aromatic carbocycles. The molecule has 0 radical (unpaired) electrons. The number of aryl methyl sites for hydroxylation is 1. The number of allylic oxidation sites excluding steroid dienone is 1. The topological polar surface area (TPSA) is 138 Å². The quantitative estimate of drug-likeness (QED) is 0.0683. The summed E-state index contributed by atoms with van der Waals surface area (Å²) in [5, 5.41) is 10.5. The molecule has 0 amide bonds. The molecule has 1 saturated heterocycles. The van der Waals surface area contributed by atoms with Gasteiger partial charge < -0.3 is 23.8 Å². The van der Waals surface area contributed by atoms with Gasteiger partial charge in [-0.25, -0.2) is 0 Å². The molecule has 76 heavy (non-hydrogen) atoms. The van der Waals surface area contributed by atoms with Crippen molar-refractivity contribution in [2.45, 2.75) is 108 Å². The van der Waals surface area contributed by atoms with Crippen LogP contribution in [-0.2, 0) is 22.0 Å². The number of rotatable bonds is 12. The summed E-state index contributed by atoms with van der Waals surface area (Å²) in [4.78, 5) is 8.70. The van der Waals surface area contributed by atoms with E-state index in [0.717, 1.165) is 118 Å². The largest absolute Gasteiger partial charge is 0.497 e. The van der Waals surface area contributed by atoms with Gasteiger partial charge in [-0.2, -0.15) is 0 Å². The van der Waals surface area contributed by atoms with E-state index in [1.54, 1.807) is 7.11 Å². The maximum absolute atomic E-state index is 9.84. The maximum Gasteiger partial charge on any atom is 0.167 e. The number of nitrogens with zero attached hydrogens (tertiary/aromatic N) is 7. The number of hydrogen-bond donors (Lipinski definition) is 0. The van der Waals surface area contributed by atoms with Crippen LogP contribution in [0.2, 0.25) is 0 Å². The molecule has 1 spiro atoms. The minimum Gasteiger partial charge on any atom is -0.497 e. The Morgan fingerprint density at radius 3 is 2.07 bits per heavy atom. The molecular weight excluding hydrogens is 943 g/mol. The standard InChI is InChI=1S/C65H69N7O4/c1-61(2)37-62(3,40-68-70-66)39-65(38-61)57-8-6-5-7-53(57)59-56-33-58(76-63-34-42-29-43(35-63)31-44(30-42)36-63)54(45-9-15-48(16-10-45)72-25-27-74-28-26-72)32-55(56)51-21-23-64(24-22-52(51)60(59)65,46-11-17-49(73-4)18-12-46)47-13-19-50(20-14-47)75-41-69-71-67/h5-20,22,24,32-33,42-44H,21,23,25-31,34-41H2,1-4H3. The van der Waals surface area contributed by atoms with Crippen molar-refractivity contribution < 1.29 is 18.9 Å². The van der Waals surface area contributed by atoms with Gasteiger partial charge in [-0.15, -0.1) is 0 Å². The Kier molecular flexibility index (Phi) is 12.0. The van der Waals surface area contributed by atoms with Crippen molar-refractivity contribution in [1.82, 2.24) is 0 Å². The zero-order valence-corrected chi connectivity index (χ0v) is 44.6. The molecule has 1 heterocycles. The van der Waals surface area contributed by atoms with Crippen LogP contribution in [0.15, 0.2) is 125 Å². The lowest BCUT2D eigenvalue weighted by Crippen LogP contribution is -2.53. The lowest BCUT2D eigenvalue weighted by Gasteiger charge is -2.56. The zero-order chi connectivity index (χ0) is 51.9. The van der Waals surface area contributed by atoms with E-state index in [-0.39, 0.29) is 28.6 Å². The number of hydrogen-bond acceptors (Lipinski definition) is 7. The summed E-state index contributed by atoms with van der Waals surface area (Å²) < 4.78 is 25.3. The van der Waals surface area contributed by atoms with Crippen LogP contribution in [0, 0.1) is 28.6 Å². The first-order valence-electron chi connectivity index (χ1n) is 27.9. The third-order valence-electron chi connectivity index (χ3n) is 19.2. The van der Waals surface area contributed by atoms with Crippen LogP contribution in [0.3, 0.4) is 0 Å². The van der Waals surface area contributed by atoms with E-state index >= 15 is 0 Å². The second-order valence-electron chi connectivity index (χ2n) is 25.0. The highest BCUT2D eigenvalue weighted by atomic mass is 16.5. The monoisotopic (exact) mass is 1010 g/mol. The van der Waals surface area contributed by atoms with Gasteiger partial charge in [0.05, 0.1) is 20.3 Å². The molecule has 6 aromatic rings. The number of methoxy groups -OCH3 is 1. The molecule has 0 N–H and O–H groups in total. The van der Waals surface area contributed by atoms with Crippen molar-refractivity contribution in [2.75, 3.05) is 51.6 Å². The summed E-state index contributed by atoms with van der Waals surface area (Å²) in [5.74, 6) is 4.68. The SMILES string of the molecule is COc1ccc(C2(c3ccc(OCN=[N+]=[N-])cc3)C=Cc3c4c(c5cc(OC67CC8CC(CC(C8)C6)C7)c(-c6ccc(N7CCOCC7)cc6)cc5c3CC2)-c2ccccc2C42CC(C)(C)CC(C)(CN=[N+]=[N-])C2)cc1. The first-order valence-corrected chi connectivity index (χ1v) is 27.9. The molecule has 1 aliphatic heterocycles. The molecule has 3 atom stereocenters. The molecule has 388 valence electrons. The fourth-order valence-electron chi connectivity index (χ4n) is 17.2. The summed E-state index contributed by atoms with van der Waals surface area (Å²) in [7, 11) is 1.72. The number of fused-ring (bicyclic) bond motifs is 10. The number of ether oxygens (including phenoxy) is 4. The van der Waals surface area contributed by atoms with Crippen molar-refractivity contribution in [1.29, 1.82) is 0 Å². The number of morpholine rings is 1. The van der Waals surface area contributed by atoms with Gasteiger partial charge in [0.2, 0.25) is 0 Å². The summed E-state index contributed by atoms with van der Waals surface area (Å²) in [5.41, 5.74) is 31.4. The van der Waals surface area contributed by atoms with Gasteiger partial charge in [0.15, 0.2) is 6.73 Å². The van der Waals surface area contributed by atoms with E-state index < -0.39 is 5.41 Å². The van der Waals surface area contributed by atoms with Gasteiger partial charge in [0.1, 0.15) is 22.8 Å². The highest BCUT2D eigenvalue weighted by Crippen LogP contribution is 2.67. The van der Waals surface area contributed by atoms with E-state index in [0.29, 0.717) is 12.3 Å². The van der Waals surface area contributed by atoms with Gasteiger partial charge >= 0.3 is 0 Å². The smallest absolute Gasteiger partial charge is 0.167 e. The van der Waals surface area contributed by atoms with E-state index in [1.807, 2.05) is 12.1 Å². The van der Waals surface area contributed by atoms with Crippen molar-refractivity contribution in [2.24, 2.45) is 38.8 Å². The van der Waals surface area contributed by atoms with Crippen LogP contribution in [0.1, 0.15) is 118 Å². The average Bonchev–Trinajstić information content (AvgIpc) is 3.83. The third-order valence-corrected chi connectivity index (χ3v) is 19.2. The number of anilines is 1. The Hall–Kier alpha value is -6.90. The second-order valence-corrected chi connectivity index (χ2v) is 25.0. The Balaban J connectivity index is 1.07. The molecule has 0 aromatic heterocycles. The first kappa shape index (κ1) is 48.7. The molecule has 3 unspecified atom stereocenters. The van der Waals surface area contributed by atoms with Gasteiger partial charge in [0, 0.05) is 51.5 Å². The highest BCUT2D eigenvalue weighted by molar-refractivity contribution is 6.09. The van der Waals surface area contributed by atoms with Gasteiger partial charge in [-0.05, 0) is 220 Å². The molecule has 11 nitrogen and oxygen atoms in total. The summed E-state index contributed by atoms with van der Waals surface area (Å²) in [6, 6.07) is 40.5. The van der Waals surface area contributed by atoms with E-state index in [9.17, 15) is 5.53 Å². The highest BCUT2D eigenvalue weighted by Gasteiger charge is 2.57. The minimum atomic E-state index is -0.548. The fourth-order valence-corrected chi connectivity index (χ4v) is 17.2. The predicted octanol–water partition coefficient (Wildman–Crippen LogP) is 16.1. The van der Waals surface area contributed by atoms with Crippen molar-refractivity contribution in [3.63, 3.8) is 0 Å². The lowest BCUT2D eigenvalue weighted by molar-refractivity contribution is -0.107. The third kappa shape index (κ3) is 8.29. The Bertz CT molecular complexity index is 3330. The van der Waals surface area contributed by atoms with E-state index in [1.165, 1.54) is 80.2 Å². The first-order chi connectivity index (χ1) is 36.9. The fraction of sp³-hybridized carbons (Fsp3) is 0.446. The van der Waals surface area contributed by atoms with E-state index in [4.69, 9.17) is 24.5 Å². The average molecular weight is 1010 g/mol. The van der Waals surface area contributed by atoms with Crippen molar-refractivity contribution >= 4 is 22.5 Å². The Morgan fingerprint density at radius 1 is 0.724 bits per heavy atom. The molecule has 4 bridgehead atoms. The Labute approximate surface area is 446 Å². The zero-order valence-electron chi connectivity index (χ0n) is 44.6. The lowest BCUT2D eigenvalue weighted by atomic mass is 9.51. The van der Waals surface area contributed by atoms with E-state index in [2.05, 4.69) is 155 Å². The maximum atomic E-state index is 9.84. The molecule has 8 aliphatic rings. The van der Waals surface area contributed by atoms with Crippen molar-refractivity contribution in [3.8, 4) is 39.5 Å². The molecule has 5 saturated carbocycles. The molecule has 6 fully saturated rings. The molecule has 14 rings (SSSR count). The van der Waals surface area contributed by atoms with Crippen molar-refractivity contribution in [3.05, 3.63) is 170 Å². The summed E-state index contributed by atoms with van der Waals surface area (Å²) in [6.07, 6.45) is 16.8. The summed E-state index contributed by atoms with van der Waals surface area (Å²) >= 11 is 0. The van der Waals surface area contributed by atoms with Crippen LogP contribution in [0.5, 0.6) is 17.2 Å². The molecule has 11 heteroatoms. The number of benzene rings is 6. The van der Waals surface area contributed by atoms with Crippen LogP contribution in [0.4, 0.5) is 5.69 Å². The predicted molar refractivity (Wildman–Crippen MR) is 302 cm³/mol. The Morgan fingerprint density at radius 2 is 1.39 bits per heavy atom. The van der Waals surface area contributed by atoms with Crippen LogP contribution in [-0.4, -0.2) is 52.3 Å². The molecule has 7 aliphatic carbocycles. The van der Waals surface area contributed by atoms with Crippen LogP contribution < -0.4 is 19.1 Å². The number of azide groups is 2. The molecular formula is C65H69N7O4. The van der Waals surface area contributed by atoms with Crippen LogP contribution in [0.25, 0.3) is 60.0 Å².